The van der Waals surface area contributed by atoms with Crippen LogP contribution in [0.15, 0.2) is 35.3 Å². The summed E-state index contributed by atoms with van der Waals surface area (Å²) >= 11 is 0. The topological polar surface area (TPSA) is 36.9 Å². The Labute approximate surface area is 176 Å². The Bertz CT molecular complexity index is 555. The van der Waals surface area contributed by atoms with Crippen molar-refractivity contribution in [1.29, 1.82) is 0 Å². The van der Waals surface area contributed by atoms with Gasteiger partial charge in [0.25, 0.3) is 0 Å². The van der Waals surface area contributed by atoms with E-state index in [-0.39, 0.29) is 30.6 Å². The van der Waals surface area contributed by atoms with Crippen molar-refractivity contribution < 1.29 is 17.9 Å². The second-order valence-corrected chi connectivity index (χ2v) is 6.55. The Morgan fingerprint density at radius 2 is 2.04 bits per heavy atom. The molecule has 1 atom stereocenters. The van der Waals surface area contributed by atoms with Crippen LogP contribution in [0.25, 0.3) is 0 Å². The Morgan fingerprint density at radius 3 is 2.70 bits per heavy atom. The molecule has 1 heterocycles. The molecule has 1 unspecified atom stereocenters. The number of aliphatic imine (C=N–C) groups is 1. The van der Waals surface area contributed by atoms with Gasteiger partial charge in [0, 0.05) is 32.8 Å². The molecule has 2 rings (SSSR count). The molecule has 0 radical (unpaired) electrons. The van der Waals surface area contributed by atoms with Gasteiger partial charge in [-0.25, -0.2) is 0 Å². The summed E-state index contributed by atoms with van der Waals surface area (Å²) in [6.07, 6.45) is -1.61. The lowest BCUT2D eigenvalue weighted by molar-refractivity contribution is -0.173. The van der Waals surface area contributed by atoms with E-state index < -0.39 is 12.8 Å². The Kier molecular flexibility index (Phi) is 11.1. The molecule has 8 heteroatoms. The maximum Gasteiger partial charge on any atom is 0.411 e. The molecule has 1 saturated heterocycles. The third-order valence-electron chi connectivity index (χ3n) is 4.26. The SMILES string of the molecule is CCNC(=NCCCOCC(F)(F)F)N1CCC(Cc2ccccc2)C1.I. The standard InChI is InChI=1S/C19H28F3N3O.HI/c1-2-23-18(24-10-6-12-26-15-19(20,21)22)25-11-9-17(14-25)13-16-7-4-3-5-8-16;/h3-5,7-8,17H,2,6,9-15H2,1H3,(H,23,24);1H. The molecule has 1 fully saturated rings. The van der Waals surface area contributed by atoms with E-state index in [0.717, 1.165) is 38.4 Å². The maximum absolute atomic E-state index is 12.0. The van der Waals surface area contributed by atoms with Crippen LogP contribution < -0.4 is 5.32 Å². The van der Waals surface area contributed by atoms with E-state index in [4.69, 9.17) is 0 Å². The minimum atomic E-state index is -4.26. The molecule has 1 aliphatic rings. The summed E-state index contributed by atoms with van der Waals surface area (Å²) in [4.78, 5) is 6.78. The van der Waals surface area contributed by atoms with E-state index in [1.807, 2.05) is 13.0 Å². The quantitative estimate of drug-likeness (QED) is 0.253. The number of nitrogens with one attached hydrogen (secondary N) is 1. The fourth-order valence-electron chi connectivity index (χ4n) is 3.10. The van der Waals surface area contributed by atoms with Gasteiger partial charge in [0.05, 0.1) is 0 Å². The van der Waals surface area contributed by atoms with Gasteiger partial charge >= 0.3 is 6.18 Å². The molecule has 0 amide bonds. The number of guanidine groups is 1. The highest BCUT2D eigenvalue weighted by Crippen LogP contribution is 2.21. The predicted octanol–water partition coefficient (Wildman–Crippen LogP) is 4.10. The van der Waals surface area contributed by atoms with Crippen molar-refractivity contribution in [2.45, 2.75) is 32.4 Å². The summed E-state index contributed by atoms with van der Waals surface area (Å²) in [6.45, 7) is 4.02. The van der Waals surface area contributed by atoms with Crippen LogP contribution in [0.5, 0.6) is 0 Å². The smallest absolute Gasteiger partial charge is 0.372 e. The Morgan fingerprint density at radius 1 is 1.30 bits per heavy atom. The number of ether oxygens (including phenoxy) is 1. The Balaban J connectivity index is 0.00000364. The monoisotopic (exact) mass is 499 g/mol. The first-order valence-electron chi connectivity index (χ1n) is 9.19. The van der Waals surface area contributed by atoms with Crippen LogP contribution in [-0.2, 0) is 11.2 Å². The Hall–Kier alpha value is -1.03. The third kappa shape index (κ3) is 9.64. The molecular weight excluding hydrogens is 470 g/mol. The van der Waals surface area contributed by atoms with E-state index >= 15 is 0 Å². The molecule has 0 saturated carbocycles. The zero-order valence-corrected chi connectivity index (χ0v) is 18.0. The summed E-state index contributed by atoms with van der Waals surface area (Å²) in [5, 5.41) is 3.28. The molecule has 1 aliphatic heterocycles. The molecule has 0 aromatic heterocycles. The van der Waals surface area contributed by atoms with Crippen LogP contribution >= 0.6 is 24.0 Å². The molecule has 0 spiro atoms. The van der Waals surface area contributed by atoms with Crippen molar-refractivity contribution in [2.24, 2.45) is 10.9 Å². The summed E-state index contributed by atoms with van der Waals surface area (Å²) < 4.78 is 40.7. The average molecular weight is 499 g/mol. The van der Waals surface area contributed by atoms with Gasteiger partial charge in [-0.2, -0.15) is 13.2 Å². The van der Waals surface area contributed by atoms with Crippen molar-refractivity contribution in [3.63, 3.8) is 0 Å². The molecule has 0 bridgehead atoms. The van der Waals surface area contributed by atoms with E-state index in [2.05, 4.69) is 44.2 Å². The average Bonchev–Trinajstić information content (AvgIpc) is 3.05. The molecule has 1 aromatic rings. The molecule has 1 N–H and O–H groups in total. The third-order valence-corrected chi connectivity index (χ3v) is 4.26. The van der Waals surface area contributed by atoms with Crippen molar-refractivity contribution in [3.05, 3.63) is 35.9 Å². The van der Waals surface area contributed by atoms with E-state index in [1.165, 1.54) is 5.56 Å². The summed E-state index contributed by atoms with van der Waals surface area (Å²) in [6, 6.07) is 10.5. The van der Waals surface area contributed by atoms with Crippen LogP contribution in [0, 0.1) is 5.92 Å². The lowest BCUT2D eigenvalue weighted by Crippen LogP contribution is -2.40. The van der Waals surface area contributed by atoms with Crippen molar-refractivity contribution >= 4 is 29.9 Å². The minimum Gasteiger partial charge on any atom is -0.372 e. The van der Waals surface area contributed by atoms with Crippen molar-refractivity contribution in [1.82, 2.24) is 10.2 Å². The van der Waals surface area contributed by atoms with Gasteiger partial charge in [0.2, 0.25) is 0 Å². The minimum absolute atomic E-state index is 0. The zero-order valence-electron chi connectivity index (χ0n) is 15.7. The van der Waals surface area contributed by atoms with Gasteiger partial charge < -0.3 is 15.0 Å². The summed E-state index contributed by atoms with van der Waals surface area (Å²) in [5.41, 5.74) is 1.35. The van der Waals surface area contributed by atoms with E-state index in [9.17, 15) is 13.2 Å². The lowest BCUT2D eigenvalue weighted by Gasteiger charge is -2.21. The van der Waals surface area contributed by atoms with Gasteiger partial charge in [0.15, 0.2) is 5.96 Å². The fraction of sp³-hybridized carbons (Fsp3) is 0.632. The molecule has 0 aliphatic carbocycles. The van der Waals surface area contributed by atoms with Crippen LogP contribution in [-0.4, -0.2) is 56.4 Å². The number of rotatable bonds is 8. The molecular formula is C19H29F3IN3O. The molecule has 1 aromatic carbocycles. The van der Waals surface area contributed by atoms with Gasteiger partial charge in [-0.05, 0) is 37.7 Å². The van der Waals surface area contributed by atoms with Crippen LogP contribution in [0.2, 0.25) is 0 Å². The van der Waals surface area contributed by atoms with Gasteiger partial charge in [-0.3, -0.25) is 4.99 Å². The van der Waals surface area contributed by atoms with E-state index in [1.54, 1.807) is 0 Å². The van der Waals surface area contributed by atoms with Crippen LogP contribution in [0.3, 0.4) is 0 Å². The first kappa shape index (κ1) is 24.0. The fourth-order valence-corrected chi connectivity index (χ4v) is 3.10. The van der Waals surface area contributed by atoms with Crippen molar-refractivity contribution in [2.75, 3.05) is 39.4 Å². The maximum atomic E-state index is 12.0. The second kappa shape index (κ2) is 12.4. The normalized spacial score (nSPS) is 17.7. The van der Waals surface area contributed by atoms with Gasteiger partial charge in [0.1, 0.15) is 6.61 Å². The van der Waals surface area contributed by atoms with Gasteiger partial charge in [-0.1, -0.05) is 30.3 Å². The number of benzene rings is 1. The number of nitrogens with zero attached hydrogens (tertiary/aromatic N) is 2. The molecule has 4 nitrogen and oxygen atoms in total. The predicted molar refractivity (Wildman–Crippen MR) is 113 cm³/mol. The molecule has 154 valence electrons. The highest BCUT2D eigenvalue weighted by atomic mass is 127. The first-order chi connectivity index (χ1) is 12.5. The number of hydrogen-bond acceptors (Lipinski definition) is 2. The number of halogens is 4. The number of likely N-dealkylation sites (tertiary alicyclic amines) is 1. The van der Waals surface area contributed by atoms with Gasteiger partial charge in [-0.15, -0.1) is 24.0 Å². The lowest BCUT2D eigenvalue weighted by atomic mass is 9.99. The highest BCUT2D eigenvalue weighted by Gasteiger charge is 2.27. The summed E-state index contributed by atoms with van der Waals surface area (Å²) in [7, 11) is 0. The zero-order chi connectivity index (χ0) is 18.8. The number of hydrogen-bond donors (Lipinski definition) is 1. The largest absolute Gasteiger partial charge is 0.411 e. The van der Waals surface area contributed by atoms with E-state index in [0.29, 0.717) is 18.9 Å². The number of alkyl halides is 3. The van der Waals surface area contributed by atoms with Crippen molar-refractivity contribution in [3.8, 4) is 0 Å². The van der Waals surface area contributed by atoms with Crippen LogP contribution in [0.1, 0.15) is 25.3 Å². The molecule has 27 heavy (non-hydrogen) atoms. The first-order valence-corrected chi connectivity index (χ1v) is 9.19. The second-order valence-electron chi connectivity index (χ2n) is 6.55. The summed E-state index contributed by atoms with van der Waals surface area (Å²) in [5.74, 6) is 1.44. The highest BCUT2D eigenvalue weighted by molar-refractivity contribution is 14.0. The van der Waals surface area contributed by atoms with Crippen LogP contribution in [0.4, 0.5) is 13.2 Å².